The predicted molar refractivity (Wildman–Crippen MR) is 155 cm³/mol. The van der Waals surface area contributed by atoms with Crippen molar-refractivity contribution < 1.29 is 13.2 Å². The van der Waals surface area contributed by atoms with Crippen molar-refractivity contribution >= 4 is 5.57 Å². The molecule has 37 heavy (non-hydrogen) atoms. The van der Waals surface area contributed by atoms with Crippen molar-refractivity contribution in [2.45, 2.75) is 106 Å². The third kappa shape index (κ3) is 15.1. The van der Waals surface area contributed by atoms with Crippen LogP contribution < -0.4 is 0 Å². The minimum Gasteiger partial charge on any atom is -0.340 e. The number of rotatable bonds is 8. The van der Waals surface area contributed by atoms with E-state index in [1.807, 2.05) is 31.7 Å². The number of nitrogens with zero attached hydrogens (tertiary/aromatic N) is 2. The number of hydrogen-bond donors (Lipinski definition) is 0. The largest absolute Gasteiger partial charge is 0.340 e. The fourth-order valence-corrected chi connectivity index (χ4v) is 4.27. The third-order valence-electron chi connectivity index (χ3n) is 7.00. The van der Waals surface area contributed by atoms with Gasteiger partial charge in [-0.1, -0.05) is 98.4 Å². The first kappa shape index (κ1) is 35.0. The summed E-state index contributed by atoms with van der Waals surface area (Å²) in [6.45, 7) is 18.1. The summed E-state index contributed by atoms with van der Waals surface area (Å²) < 4.78 is 40.2. The first-order chi connectivity index (χ1) is 17.4. The SMILES string of the molecule is C=C(C)c1cn(C)cn1.CC1CCC(C)C1.CCC(CC)CC.CCc1cccc(C(F)(F)CCF)c1. The van der Waals surface area contributed by atoms with E-state index in [-0.39, 0.29) is 5.56 Å². The van der Waals surface area contributed by atoms with Crippen LogP contribution >= 0.6 is 0 Å². The Morgan fingerprint density at radius 2 is 1.65 bits per heavy atom. The van der Waals surface area contributed by atoms with E-state index in [9.17, 15) is 13.2 Å². The molecule has 1 fully saturated rings. The predicted octanol–water partition coefficient (Wildman–Crippen LogP) is 10.4. The molecule has 5 heteroatoms. The zero-order valence-corrected chi connectivity index (χ0v) is 24.8. The first-order valence-corrected chi connectivity index (χ1v) is 14.1. The van der Waals surface area contributed by atoms with Crippen LogP contribution in [0.4, 0.5) is 13.2 Å². The molecule has 2 unspecified atom stereocenters. The fraction of sp³-hybridized carbons (Fsp3) is 0.656. The van der Waals surface area contributed by atoms with E-state index in [0.29, 0.717) is 6.42 Å². The van der Waals surface area contributed by atoms with Gasteiger partial charge in [-0.3, -0.25) is 4.39 Å². The number of benzene rings is 1. The van der Waals surface area contributed by atoms with E-state index in [1.165, 1.54) is 50.7 Å². The summed E-state index contributed by atoms with van der Waals surface area (Å²) in [5.74, 6) is -0.00933. The number of halogens is 3. The van der Waals surface area contributed by atoms with Gasteiger partial charge in [0.25, 0.3) is 5.92 Å². The topological polar surface area (TPSA) is 17.8 Å². The maximum atomic E-state index is 13.2. The van der Waals surface area contributed by atoms with E-state index in [0.717, 1.165) is 34.6 Å². The number of alkyl halides is 3. The lowest BCUT2D eigenvalue weighted by Gasteiger charge is -2.15. The summed E-state index contributed by atoms with van der Waals surface area (Å²) in [6.07, 6.45) is 12.2. The van der Waals surface area contributed by atoms with Gasteiger partial charge >= 0.3 is 0 Å². The Morgan fingerprint density at radius 3 is 1.95 bits per heavy atom. The molecule has 2 atom stereocenters. The Hall–Kier alpha value is -2.04. The maximum Gasteiger partial charge on any atom is 0.275 e. The molecule has 1 saturated carbocycles. The van der Waals surface area contributed by atoms with Crippen LogP contribution in [0.25, 0.3) is 5.57 Å². The van der Waals surface area contributed by atoms with Gasteiger partial charge < -0.3 is 4.57 Å². The second kappa shape index (κ2) is 19.1. The highest BCUT2D eigenvalue weighted by Crippen LogP contribution is 2.32. The van der Waals surface area contributed by atoms with Crippen LogP contribution in [0.3, 0.4) is 0 Å². The van der Waals surface area contributed by atoms with Gasteiger partial charge in [-0.05, 0) is 54.7 Å². The smallest absolute Gasteiger partial charge is 0.275 e. The van der Waals surface area contributed by atoms with Crippen molar-refractivity contribution in [3.63, 3.8) is 0 Å². The molecular formula is C32H53F3N2. The Labute approximate surface area is 225 Å². The summed E-state index contributed by atoms with van der Waals surface area (Å²) in [4.78, 5) is 4.08. The molecular weight excluding hydrogens is 469 g/mol. The maximum absolute atomic E-state index is 13.2. The summed E-state index contributed by atoms with van der Waals surface area (Å²) >= 11 is 0. The Kier molecular flexibility index (Phi) is 18.0. The van der Waals surface area contributed by atoms with Gasteiger partial charge in [0, 0.05) is 25.2 Å². The van der Waals surface area contributed by atoms with E-state index in [4.69, 9.17) is 0 Å². The minimum atomic E-state index is -3.04. The van der Waals surface area contributed by atoms with E-state index in [1.54, 1.807) is 18.5 Å². The molecule has 0 amide bonds. The number of aryl methyl sites for hydroxylation is 2. The first-order valence-electron chi connectivity index (χ1n) is 14.1. The molecule has 1 aromatic carbocycles. The molecule has 0 aliphatic heterocycles. The molecule has 212 valence electrons. The van der Waals surface area contributed by atoms with Crippen LogP contribution in [0.5, 0.6) is 0 Å². The summed E-state index contributed by atoms with van der Waals surface area (Å²) in [5, 5.41) is 0. The van der Waals surface area contributed by atoms with Crippen LogP contribution in [-0.2, 0) is 19.4 Å². The normalized spacial score (nSPS) is 16.6. The van der Waals surface area contributed by atoms with Gasteiger partial charge in [-0.15, -0.1) is 0 Å². The van der Waals surface area contributed by atoms with Gasteiger partial charge in [0.2, 0.25) is 0 Å². The Balaban J connectivity index is 0.000000491. The van der Waals surface area contributed by atoms with Crippen LogP contribution in [0.15, 0.2) is 43.4 Å². The lowest BCUT2D eigenvalue weighted by Crippen LogP contribution is -2.14. The number of allylic oxidation sites excluding steroid dienone is 1. The molecule has 0 bridgehead atoms. The van der Waals surface area contributed by atoms with Crippen molar-refractivity contribution in [3.8, 4) is 0 Å². The standard InChI is InChI=1S/C11H13F3.C7H10N2.C7H14.C7H16/c1-2-9-4-3-5-10(8-9)11(13,14)6-7-12;1-6(2)7-4-9(3)5-8-7;1-6-3-4-7(2)5-6;1-4-7(5-2)6-3/h3-5,8H,2,6-7H2,1H3;4-5H,1H2,2-3H3;6-7H,3-5H2,1-2H3;7H,4-6H2,1-3H3. The summed E-state index contributed by atoms with van der Waals surface area (Å²) in [6, 6.07) is 6.15. The molecule has 0 spiro atoms. The van der Waals surface area contributed by atoms with Gasteiger partial charge in [-0.25, -0.2) is 13.8 Å². The highest BCUT2D eigenvalue weighted by Gasteiger charge is 2.30. The number of aromatic nitrogens is 2. The zero-order valence-electron chi connectivity index (χ0n) is 24.8. The molecule has 0 radical (unpaired) electrons. The highest BCUT2D eigenvalue weighted by molar-refractivity contribution is 5.56. The van der Waals surface area contributed by atoms with Crippen LogP contribution in [0, 0.1) is 17.8 Å². The van der Waals surface area contributed by atoms with Crippen LogP contribution in [-0.4, -0.2) is 16.2 Å². The third-order valence-corrected chi connectivity index (χ3v) is 7.00. The van der Waals surface area contributed by atoms with Crippen LogP contribution in [0.2, 0.25) is 0 Å². The van der Waals surface area contributed by atoms with Crippen molar-refractivity contribution in [3.05, 3.63) is 60.2 Å². The van der Waals surface area contributed by atoms with Gasteiger partial charge in [-0.2, -0.15) is 0 Å². The summed E-state index contributed by atoms with van der Waals surface area (Å²) in [7, 11) is 1.94. The Bertz CT molecular complexity index is 842. The highest BCUT2D eigenvalue weighted by atomic mass is 19.3. The molecule has 1 aliphatic rings. The molecule has 2 aromatic rings. The molecule has 1 heterocycles. The van der Waals surface area contributed by atoms with Gasteiger partial charge in [0.15, 0.2) is 0 Å². The van der Waals surface area contributed by atoms with E-state index >= 15 is 0 Å². The van der Waals surface area contributed by atoms with Gasteiger partial charge in [0.1, 0.15) is 0 Å². The van der Waals surface area contributed by atoms with Crippen molar-refractivity contribution in [2.24, 2.45) is 24.8 Å². The molecule has 0 saturated heterocycles. The Morgan fingerprint density at radius 1 is 1.08 bits per heavy atom. The average Bonchev–Trinajstić information content (AvgIpc) is 3.48. The molecule has 2 nitrogen and oxygen atoms in total. The van der Waals surface area contributed by atoms with E-state index < -0.39 is 19.0 Å². The molecule has 3 rings (SSSR count). The van der Waals surface area contributed by atoms with Crippen molar-refractivity contribution in [1.29, 1.82) is 0 Å². The zero-order chi connectivity index (χ0) is 28.4. The quantitative estimate of drug-likeness (QED) is 0.337. The second-order valence-corrected chi connectivity index (χ2v) is 10.5. The molecule has 0 N–H and O–H groups in total. The van der Waals surface area contributed by atoms with Crippen LogP contribution in [0.1, 0.15) is 110 Å². The number of imidazole rings is 1. The lowest BCUT2D eigenvalue weighted by molar-refractivity contribution is -0.0188. The second-order valence-electron chi connectivity index (χ2n) is 10.5. The summed E-state index contributed by atoms with van der Waals surface area (Å²) in [5.41, 5.74) is 2.74. The average molecular weight is 523 g/mol. The van der Waals surface area contributed by atoms with Crippen molar-refractivity contribution in [1.82, 2.24) is 9.55 Å². The lowest BCUT2D eigenvalue weighted by atomic mass is 10.0. The van der Waals surface area contributed by atoms with Gasteiger partial charge in [0.05, 0.1) is 18.7 Å². The number of hydrogen-bond acceptors (Lipinski definition) is 1. The molecule has 1 aromatic heterocycles. The monoisotopic (exact) mass is 522 g/mol. The fourth-order valence-electron chi connectivity index (χ4n) is 4.27. The van der Waals surface area contributed by atoms with E-state index in [2.05, 4.69) is 46.2 Å². The van der Waals surface area contributed by atoms with Crippen molar-refractivity contribution in [2.75, 3.05) is 6.67 Å². The molecule has 1 aliphatic carbocycles. The minimum absolute atomic E-state index is 0.0884.